The van der Waals surface area contributed by atoms with Gasteiger partial charge >= 0.3 is 6.18 Å². The van der Waals surface area contributed by atoms with Crippen molar-refractivity contribution in [1.29, 1.82) is 0 Å². The van der Waals surface area contributed by atoms with Crippen molar-refractivity contribution in [2.75, 3.05) is 11.9 Å². The number of carbonyl (C=O) groups excluding carboxylic acids is 1. The molecular weight excluding hydrogens is 449 g/mol. The Kier molecular flexibility index (Phi) is 5.69. The number of nitrogens with zero attached hydrogens (tertiary/aromatic N) is 4. The van der Waals surface area contributed by atoms with Crippen LogP contribution in [-0.2, 0) is 21.0 Å². The van der Waals surface area contributed by atoms with Crippen LogP contribution >= 0.6 is 0 Å². The minimum Gasteiger partial charge on any atom is -0.325 e. The second-order valence-corrected chi connectivity index (χ2v) is 8.92. The molecule has 1 saturated carbocycles. The summed E-state index contributed by atoms with van der Waals surface area (Å²) in [5.41, 5.74) is -0.0458. The Morgan fingerprint density at radius 2 is 1.88 bits per heavy atom. The fourth-order valence-electron chi connectivity index (χ4n) is 2.97. The average molecular weight is 466 g/mol. The molecule has 2 N–H and O–H groups in total. The summed E-state index contributed by atoms with van der Waals surface area (Å²) < 4.78 is 66.8. The van der Waals surface area contributed by atoms with Crippen LogP contribution in [0.3, 0.4) is 0 Å². The van der Waals surface area contributed by atoms with Gasteiger partial charge in [-0.1, -0.05) is 18.2 Å². The van der Waals surface area contributed by atoms with E-state index in [4.69, 9.17) is 0 Å². The van der Waals surface area contributed by atoms with E-state index in [0.717, 1.165) is 31.0 Å². The molecule has 1 aliphatic rings. The molecule has 168 valence electrons. The average Bonchev–Trinajstić information content (AvgIpc) is 3.48. The molecule has 0 bridgehead atoms. The molecule has 0 saturated heterocycles. The Labute approximate surface area is 180 Å². The number of anilines is 1. The highest BCUT2D eigenvalue weighted by molar-refractivity contribution is 7.89. The SMILES string of the molecule is O=C(CNS(=O)(=O)c1cccc(C(F)(F)F)c1)Nc1cccc(-c2nnnn2C2CC2)c1. The Bertz CT molecular complexity index is 1250. The molecule has 0 unspecified atom stereocenters. The molecule has 3 aromatic rings. The van der Waals surface area contributed by atoms with Gasteiger partial charge < -0.3 is 5.32 Å². The van der Waals surface area contributed by atoms with Crippen LogP contribution < -0.4 is 10.0 Å². The smallest absolute Gasteiger partial charge is 0.325 e. The molecule has 32 heavy (non-hydrogen) atoms. The van der Waals surface area contributed by atoms with E-state index in [0.29, 0.717) is 23.1 Å². The van der Waals surface area contributed by atoms with Crippen molar-refractivity contribution in [3.63, 3.8) is 0 Å². The van der Waals surface area contributed by atoms with Gasteiger partial charge in [-0.3, -0.25) is 4.79 Å². The molecule has 1 aromatic heterocycles. The molecule has 4 rings (SSSR count). The van der Waals surface area contributed by atoms with E-state index >= 15 is 0 Å². The summed E-state index contributed by atoms with van der Waals surface area (Å²) in [5.74, 6) is -0.145. The monoisotopic (exact) mass is 466 g/mol. The molecule has 9 nitrogen and oxygen atoms in total. The highest BCUT2D eigenvalue weighted by atomic mass is 32.2. The summed E-state index contributed by atoms with van der Waals surface area (Å²) in [6, 6.07) is 10.2. The summed E-state index contributed by atoms with van der Waals surface area (Å²) in [5, 5.41) is 14.2. The lowest BCUT2D eigenvalue weighted by atomic mass is 10.2. The van der Waals surface area contributed by atoms with E-state index in [9.17, 15) is 26.4 Å². The molecule has 0 atom stereocenters. The molecule has 1 aliphatic carbocycles. The van der Waals surface area contributed by atoms with E-state index in [-0.39, 0.29) is 6.04 Å². The predicted molar refractivity (Wildman–Crippen MR) is 107 cm³/mol. The zero-order chi connectivity index (χ0) is 22.9. The van der Waals surface area contributed by atoms with Crippen LogP contribution in [0, 0.1) is 0 Å². The van der Waals surface area contributed by atoms with Crippen LogP contribution in [0.1, 0.15) is 24.4 Å². The normalized spacial score (nSPS) is 14.3. The molecular formula is C19H17F3N6O3S. The molecule has 1 amide bonds. The second-order valence-electron chi connectivity index (χ2n) is 7.16. The van der Waals surface area contributed by atoms with Crippen molar-refractivity contribution in [1.82, 2.24) is 24.9 Å². The summed E-state index contributed by atoms with van der Waals surface area (Å²) in [4.78, 5) is 11.6. The van der Waals surface area contributed by atoms with Crippen LogP contribution in [0.5, 0.6) is 0 Å². The van der Waals surface area contributed by atoms with Crippen molar-refractivity contribution in [3.05, 3.63) is 54.1 Å². The summed E-state index contributed by atoms with van der Waals surface area (Å²) >= 11 is 0. The van der Waals surface area contributed by atoms with Crippen molar-refractivity contribution in [3.8, 4) is 11.4 Å². The minimum absolute atomic E-state index is 0.253. The van der Waals surface area contributed by atoms with E-state index in [1.54, 1.807) is 28.9 Å². The number of nitrogens with one attached hydrogen (secondary N) is 2. The third-order valence-corrected chi connectivity index (χ3v) is 6.08. The van der Waals surface area contributed by atoms with Gasteiger partial charge in [0.05, 0.1) is 23.0 Å². The van der Waals surface area contributed by atoms with Gasteiger partial charge in [-0.05, 0) is 53.6 Å². The first kappa shape index (κ1) is 21.9. The molecule has 0 aliphatic heterocycles. The van der Waals surface area contributed by atoms with Crippen molar-refractivity contribution in [2.24, 2.45) is 0 Å². The molecule has 0 radical (unpaired) electrons. The lowest BCUT2D eigenvalue weighted by Crippen LogP contribution is -2.33. The van der Waals surface area contributed by atoms with Crippen molar-refractivity contribution in [2.45, 2.75) is 30.0 Å². The first-order chi connectivity index (χ1) is 15.1. The number of hydrogen-bond acceptors (Lipinski definition) is 6. The lowest BCUT2D eigenvalue weighted by Gasteiger charge is -2.11. The zero-order valence-corrected chi connectivity index (χ0v) is 17.2. The Balaban J connectivity index is 1.42. The Hall–Kier alpha value is -3.32. The lowest BCUT2D eigenvalue weighted by molar-refractivity contribution is -0.137. The summed E-state index contributed by atoms with van der Waals surface area (Å²) in [7, 11) is -4.32. The maximum Gasteiger partial charge on any atom is 0.416 e. The second kappa shape index (κ2) is 8.31. The molecule has 1 fully saturated rings. The van der Waals surface area contributed by atoms with Gasteiger partial charge in [0.2, 0.25) is 15.9 Å². The van der Waals surface area contributed by atoms with Crippen molar-refractivity contribution < 1.29 is 26.4 Å². The van der Waals surface area contributed by atoms with E-state index in [2.05, 4.69) is 20.8 Å². The van der Waals surface area contributed by atoms with Gasteiger partial charge in [0.1, 0.15) is 0 Å². The van der Waals surface area contributed by atoms with Crippen LogP contribution in [0.25, 0.3) is 11.4 Å². The van der Waals surface area contributed by atoms with Gasteiger partial charge in [0, 0.05) is 11.3 Å². The molecule has 13 heteroatoms. The number of alkyl halides is 3. The minimum atomic E-state index is -4.69. The van der Waals surface area contributed by atoms with Crippen LogP contribution in [0.2, 0.25) is 0 Å². The van der Waals surface area contributed by atoms with E-state index in [1.165, 1.54) is 0 Å². The van der Waals surface area contributed by atoms with Crippen LogP contribution in [-0.4, -0.2) is 41.1 Å². The first-order valence-electron chi connectivity index (χ1n) is 9.48. The fourth-order valence-corrected chi connectivity index (χ4v) is 4.00. The van der Waals surface area contributed by atoms with Gasteiger partial charge in [-0.15, -0.1) is 5.10 Å². The van der Waals surface area contributed by atoms with Crippen molar-refractivity contribution >= 4 is 21.6 Å². The number of halogens is 3. The number of rotatable bonds is 7. The maximum atomic E-state index is 12.8. The van der Waals surface area contributed by atoms with Gasteiger partial charge in [-0.25, -0.2) is 17.8 Å². The molecule has 1 heterocycles. The molecule has 2 aromatic carbocycles. The number of hydrogen-bond donors (Lipinski definition) is 2. The quantitative estimate of drug-likeness (QED) is 0.553. The Morgan fingerprint density at radius 1 is 1.12 bits per heavy atom. The van der Waals surface area contributed by atoms with Crippen LogP contribution in [0.4, 0.5) is 18.9 Å². The Morgan fingerprint density at radius 3 is 2.59 bits per heavy atom. The highest BCUT2D eigenvalue weighted by Gasteiger charge is 2.32. The van der Waals surface area contributed by atoms with Gasteiger partial charge in [0.25, 0.3) is 0 Å². The third kappa shape index (κ3) is 4.94. The summed E-state index contributed by atoms with van der Waals surface area (Å²) in [6.07, 6.45) is -2.71. The van der Waals surface area contributed by atoms with E-state index < -0.39 is 39.1 Å². The van der Waals surface area contributed by atoms with Crippen LogP contribution in [0.15, 0.2) is 53.4 Å². The number of sulfonamides is 1. The van der Waals surface area contributed by atoms with Gasteiger partial charge in [-0.2, -0.15) is 13.2 Å². The van der Waals surface area contributed by atoms with E-state index in [1.807, 2.05) is 4.72 Å². The number of amides is 1. The number of tetrazole rings is 1. The highest BCUT2D eigenvalue weighted by Crippen LogP contribution is 2.36. The number of benzene rings is 2. The standard InChI is InChI=1S/C19H17F3N6O3S/c20-19(21,22)13-4-2-6-16(10-13)32(30,31)23-11-17(29)24-14-5-1-3-12(9-14)18-25-26-27-28(18)15-7-8-15/h1-6,9-10,15,23H,7-8,11H2,(H,24,29). The largest absolute Gasteiger partial charge is 0.416 e. The maximum absolute atomic E-state index is 12.8. The third-order valence-electron chi connectivity index (χ3n) is 4.68. The number of aromatic nitrogens is 4. The number of carbonyl (C=O) groups is 1. The fraction of sp³-hybridized carbons (Fsp3) is 0.263. The topological polar surface area (TPSA) is 119 Å². The first-order valence-corrected chi connectivity index (χ1v) is 11.0. The van der Waals surface area contributed by atoms with Gasteiger partial charge in [0.15, 0.2) is 5.82 Å². The summed E-state index contributed by atoms with van der Waals surface area (Å²) in [6.45, 7) is -0.664. The molecule has 0 spiro atoms. The predicted octanol–water partition coefficient (Wildman–Crippen LogP) is 2.61. The zero-order valence-electron chi connectivity index (χ0n) is 16.4.